The molecule has 0 saturated heterocycles. The molecule has 0 aliphatic rings. The quantitative estimate of drug-likeness (QED) is 0.818. The lowest BCUT2D eigenvalue weighted by Crippen LogP contribution is -1.98. The molecular formula is C13H17NO. The Labute approximate surface area is 91.2 Å². The topological polar surface area (TPSA) is 44.0 Å². The first-order valence-electron chi connectivity index (χ1n) is 5.36. The molecule has 0 saturated carbocycles. The minimum atomic E-state index is 0.264. The van der Waals surface area contributed by atoms with E-state index in [1.807, 2.05) is 6.07 Å². The largest absolute Gasteiger partial charge is 0.508 e. The van der Waals surface area contributed by atoms with Crippen molar-refractivity contribution in [2.75, 3.05) is 0 Å². The van der Waals surface area contributed by atoms with Crippen molar-refractivity contribution >= 4 is 0 Å². The number of benzene rings is 1. The Kier molecular flexibility index (Phi) is 3.74. The van der Waals surface area contributed by atoms with E-state index in [1.54, 1.807) is 6.07 Å². The second kappa shape index (κ2) is 4.84. The molecule has 2 nitrogen and oxygen atoms in total. The Morgan fingerprint density at radius 3 is 2.53 bits per heavy atom. The monoisotopic (exact) mass is 203 g/mol. The summed E-state index contributed by atoms with van der Waals surface area (Å²) in [5, 5.41) is 18.7. The molecular weight excluding hydrogens is 186 g/mol. The van der Waals surface area contributed by atoms with Crippen molar-refractivity contribution in [1.29, 1.82) is 5.26 Å². The summed E-state index contributed by atoms with van der Waals surface area (Å²) in [6.45, 7) is 6.24. The van der Waals surface area contributed by atoms with Gasteiger partial charge in [-0.1, -0.05) is 27.2 Å². The van der Waals surface area contributed by atoms with Crippen molar-refractivity contribution < 1.29 is 5.11 Å². The molecule has 0 atom stereocenters. The standard InChI is InChI=1S/C13H17NO/c1-4-5-11-12(9(2)3)6-10(8-14)7-13(11)15/h6-7,9,15H,4-5H2,1-3H3. The maximum Gasteiger partial charge on any atom is 0.120 e. The number of phenols is 1. The lowest BCUT2D eigenvalue weighted by atomic mass is 9.92. The van der Waals surface area contributed by atoms with Gasteiger partial charge >= 0.3 is 0 Å². The summed E-state index contributed by atoms with van der Waals surface area (Å²) in [6, 6.07) is 5.51. The van der Waals surface area contributed by atoms with E-state index in [2.05, 4.69) is 26.8 Å². The van der Waals surface area contributed by atoms with Crippen LogP contribution in [0.3, 0.4) is 0 Å². The second-order valence-electron chi connectivity index (χ2n) is 4.08. The van der Waals surface area contributed by atoms with E-state index < -0.39 is 0 Å². The van der Waals surface area contributed by atoms with E-state index >= 15 is 0 Å². The summed E-state index contributed by atoms with van der Waals surface area (Å²) >= 11 is 0. The van der Waals surface area contributed by atoms with Gasteiger partial charge in [0.15, 0.2) is 0 Å². The molecule has 1 N–H and O–H groups in total. The van der Waals surface area contributed by atoms with Crippen LogP contribution in [0.1, 0.15) is 49.8 Å². The Hall–Kier alpha value is -1.49. The lowest BCUT2D eigenvalue weighted by Gasteiger charge is -2.14. The summed E-state index contributed by atoms with van der Waals surface area (Å²) in [7, 11) is 0. The van der Waals surface area contributed by atoms with Crippen molar-refractivity contribution in [2.24, 2.45) is 0 Å². The van der Waals surface area contributed by atoms with Gasteiger partial charge in [-0.25, -0.2) is 0 Å². The fourth-order valence-electron chi connectivity index (χ4n) is 1.78. The van der Waals surface area contributed by atoms with E-state index in [-0.39, 0.29) is 5.75 Å². The van der Waals surface area contributed by atoms with Crippen molar-refractivity contribution in [3.8, 4) is 11.8 Å². The van der Waals surface area contributed by atoms with Gasteiger partial charge in [-0.15, -0.1) is 0 Å². The van der Waals surface area contributed by atoms with Crippen molar-refractivity contribution in [1.82, 2.24) is 0 Å². The highest BCUT2D eigenvalue weighted by Crippen LogP contribution is 2.29. The van der Waals surface area contributed by atoms with Gasteiger partial charge in [0.25, 0.3) is 0 Å². The molecule has 0 aliphatic carbocycles. The molecule has 15 heavy (non-hydrogen) atoms. The van der Waals surface area contributed by atoms with Gasteiger partial charge < -0.3 is 5.11 Å². The predicted octanol–water partition coefficient (Wildman–Crippen LogP) is 3.34. The predicted molar refractivity (Wildman–Crippen MR) is 60.9 cm³/mol. The van der Waals surface area contributed by atoms with Crippen LogP contribution in [-0.2, 0) is 6.42 Å². The molecule has 80 valence electrons. The van der Waals surface area contributed by atoms with E-state index in [4.69, 9.17) is 5.26 Å². The van der Waals surface area contributed by atoms with Gasteiger partial charge in [-0.3, -0.25) is 0 Å². The number of phenolic OH excluding ortho intramolecular Hbond substituents is 1. The molecule has 0 aromatic heterocycles. The van der Waals surface area contributed by atoms with E-state index in [0.717, 1.165) is 24.0 Å². The molecule has 0 heterocycles. The molecule has 0 aliphatic heterocycles. The first-order valence-corrected chi connectivity index (χ1v) is 5.36. The maximum atomic E-state index is 9.83. The minimum absolute atomic E-state index is 0.264. The average molecular weight is 203 g/mol. The van der Waals surface area contributed by atoms with Gasteiger partial charge in [-0.05, 0) is 35.6 Å². The summed E-state index contributed by atoms with van der Waals surface area (Å²) in [4.78, 5) is 0. The zero-order valence-corrected chi connectivity index (χ0v) is 9.54. The Bertz CT molecular complexity index is 388. The normalized spacial score (nSPS) is 10.3. The third-order valence-electron chi connectivity index (χ3n) is 2.51. The average Bonchev–Trinajstić information content (AvgIpc) is 2.20. The molecule has 0 spiro atoms. The molecule has 2 heteroatoms. The van der Waals surface area contributed by atoms with Crippen molar-refractivity contribution in [3.63, 3.8) is 0 Å². The Balaban J connectivity index is 3.30. The van der Waals surface area contributed by atoms with Gasteiger partial charge in [0.2, 0.25) is 0 Å². The van der Waals surface area contributed by atoms with Gasteiger partial charge in [-0.2, -0.15) is 5.26 Å². The zero-order chi connectivity index (χ0) is 11.4. The first-order chi connectivity index (χ1) is 7.10. The number of hydrogen-bond acceptors (Lipinski definition) is 2. The van der Waals surface area contributed by atoms with Crippen molar-refractivity contribution in [3.05, 3.63) is 28.8 Å². The van der Waals surface area contributed by atoms with Gasteiger partial charge in [0.05, 0.1) is 11.6 Å². The molecule has 1 aromatic carbocycles. The molecule has 0 radical (unpaired) electrons. The first kappa shape index (κ1) is 11.6. The second-order valence-corrected chi connectivity index (χ2v) is 4.08. The van der Waals surface area contributed by atoms with Crippen LogP contribution in [0.5, 0.6) is 5.75 Å². The van der Waals surface area contributed by atoms with E-state index in [9.17, 15) is 5.11 Å². The summed E-state index contributed by atoms with van der Waals surface area (Å²) in [5.74, 6) is 0.602. The highest BCUT2D eigenvalue weighted by Gasteiger charge is 2.12. The lowest BCUT2D eigenvalue weighted by molar-refractivity contribution is 0.465. The summed E-state index contributed by atoms with van der Waals surface area (Å²) < 4.78 is 0. The van der Waals surface area contributed by atoms with Crippen LogP contribution < -0.4 is 0 Å². The number of nitriles is 1. The number of nitrogens with zero attached hydrogens (tertiary/aromatic N) is 1. The Morgan fingerprint density at radius 2 is 2.07 bits per heavy atom. The number of aromatic hydroxyl groups is 1. The number of rotatable bonds is 3. The molecule has 0 bridgehead atoms. The SMILES string of the molecule is CCCc1c(O)cc(C#N)cc1C(C)C. The van der Waals surface area contributed by atoms with Crippen LogP contribution in [0, 0.1) is 11.3 Å². The highest BCUT2D eigenvalue weighted by molar-refractivity contribution is 5.48. The van der Waals surface area contributed by atoms with E-state index in [1.165, 1.54) is 0 Å². The van der Waals surface area contributed by atoms with Gasteiger partial charge in [0.1, 0.15) is 5.75 Å². The van der Waals surface area contributed by atoms with Crippen molar-refractivity contribution in [2.45, 2.75) is 39.5 Å². The number of hydrogen-bond donors (Lipinski definition) is 1. The third-order valence-corrected chi connectivity index (χ3v) is 2.51. The summed E-state index contributed by atoms with van der Waals surface area (Å²) in [5.41, 5.74) is 2.62. The molecule has 1 aromatic rings. The molecule has 0 fully saturated rings. The van der Waals surface area contributed by atoms with Crippen LogP contribution in [-0.4, -0.2) is 5.11 Å². The maximum absolute atomic E-state index is 9.83. The summed E-state index contributed by atoms with van der Waals surface area (Å²) in [6.07, 6.45) is 1.87. The molecule has 0 unspecified atom stereocenters. The van der Waals surface area contributed by atoms with Crippen LogP contribution in [0.15, 0.2) is 12.1 Å². The fourth-order valence-corrected chi connectivity index (χ4v) is 1.78. The Morgan fingerprint density at radius 1 is 1.40 bits per heavy atom. The van der Waals surface area contributed by atoms with Gasteiger partial charge in [0, 0.05) is 0 Å². The fraction of sp³-hybridized carbons (Fsp3) is 0.462. The van der Waals surface area contributed by atoms with Crippen LogP contribution in [0.2, 0.25) is 0 Å². The van der Waals surface area contributed by atoms with Crippen LogP contribution >= 0.6 is 0 Å². The molecule has 1 rings (SSSR count). The van der Waals surface area contributed by atoms with Crippen LogP contribution in [0.25, 0.3) is 0 Å². The third kappa shape index (κ3) is 2.50. The zero-order valence-electron chi connectivity index (χ0n) is 9.54. The van der Waals surface area contributed by atoms with Crippen LogP contribution in [0.4, 0.5) is 0 Å². The van der Waals surface area contributed by atoms with E-state index in [0.29, 0.717) is 11.5 Å². The highest BCUT2D eigenvalue weighted by atomic mass is 16.3. The molecule has 0 amide bonds. The smallest absolute Gasteiger partial charge is 0.120 e. The minimum Gasteiger partial charge on any atom is -0.508 e.